The van der Waals surface area contributed by atoms with Gasteiger partial charge in [-0.05, 0) is 73.5 Å². The van der Waals surface area contributed by atoms with Gasteiger partial charge in [0.25, 0.3) is 0 Å². The van der Waals surface area contributed by atoms with E-state index in [0.29, 0.717) is 39.7 Å². The van der Waals surface area contributed by atoms with E-state index in [1.165, 1.54) is 23.9 Å². The highest BCUT2D eigenvalue weighted by atomic mass is 35.5. The highest BCUT2D eigenvalue weighted by Crippen LogP contribution is 2.41. The molecule has 1 atom stereocenters. The summed E-state index contributed by atoms with van der Waals surface area (Å²) in [4.78, 5) is 13.3. The number of alkyl halides is 3. The number of hydrogen-bond donors (Lipinski definition) is 1. The molecule has 3 aromatic carbocycles. The number of aromatic nitrogens is 1. The Morgan fingerprint density at radius 1 is 1.05 bits per heavy atom. The molecule has 39 heavy (non-hydrogen) atoms. The van der Waals surface area contributed by atoms with E-state index >= 15 is 0 Å². The molecule has 1 aromatic heterocycles. The smallest absolute Gasteiger partial charge is 0.479 e. The molecule has 0 aliphatic rings. The summed E-state index contributed by atoms with van der Waals surface area (Å²) in [5.41, 5.74) is 1.92. The average Bonchev–Trinajstić information content (AvgIpc) is 3.11. The van der Waals surface area contributed by atoms with Crippen LogP contribution < -0.4 is 9.47 Å². The van der Waals surface area contributed by atoms with Crippen LogP contribution in [0.2, 0.25) is 10.0 Å². The Balaban J connectivity index is 1.77. The van der Waals surface area contributed by atoms with Gasteiger partial charge in [0.2, 0.25) is 0 Å². The van der Waals surface area contributed by atoms with E-state index in [9.17, 15) is 23.1 Å². The van der Waals surface area contributed by atoms with Crippen LogP contribution in [0.25, 0.3) is 10.9 Å². The van der Waals surface area contributed by atoms with E-state index in [4.69, 9.17) is 27.9 Å². The molecule has 0 aliphatic carbocycles. The molecule has 1 heterocycles. The van der Waals surface area contributed by atoms with E-state index in [-0.39, 0.29) is 12.3 Å². The van der Waals surface area contributed by atoms with Crippen molar-refractivity contribution < 1.29 is 32.5 Å². The van der Waals surface area contributed by atoms with Gasteiger partial charge in [0.1, 0.15) is 11.5 Å². The fourth-order valence-electron chi connectivity index (χ4n) is 4.15. The second-order valence-electron chi connectivity index (χ2n) is 8.77. The molecule has 4 rings (SSSR count). The zero-order valence-corrected chi connectivity index (χ0v) is 23.2. The maximum atomic E-state index is 13.0. The van der Waals surface area contributed by atoms with E-state index in [1.807, 2.05) is 30.5 Å². The Morgan fingerprint density at radius 2 is 1.74 bits per heavy atom. The Labute approximate surface area is 237 Å². The molecule has 0 saturated carbocycles. The first kappa shape index (κ1) is 29.0. The lowest BCUT2D eigenvalue weighted by Crippen LogP contribution is -2.26. The Hall–Kier alpha value is -3.01. The van der Waals surface area contributed by atoms with Crippen LogP contribution >= 0.6 is 35.0 Å². The van der Waals surface area contributed by atoms with E-state index in [2.05, 4.69) is 4.74 Å². The first-order valence-electron chi connectivity index (χ1n) is 11.9. The number of rotatable bonds is 10. The van der Waals surface area contributed by atoms with Crippen molar-refractivity contribution in [3.05, 3.63) is 82.0 Å². The first-order valence-corrected chi connectivity index (χ1v) is 13.5. The predicted molar refractivity (Wildman–Crippen MR) is 146 cm³/mol. The molecule has 0 spiro atoms. The molecular formula is C28H24Cl2F3NO4S. The molecule has 0 aliphatic heterocycles. The fourth-order valence-corrected chi connectivity index (χ4v) is 5.50. The summed E-state index contributed by atoms with van der Waals surface area (Å²) in [5, 5.41) is 11.2. The third-order valence-corrected chi connectivity index (χ3v) is 7.80. The Morgan fingerprint density at radius 3 is 2.38 bits per heavy atom. The molecule has 1 unspecified atom stereocenters. The topological polar surface area (TPSA) is 60.7 Å². The summed E-state index contributed by atoms with van der Waals surface area (Å²) in [6.07, 6.45) is -4.89. The Bertz CT molecular complexity index is 1490. The van der Waals surface area contributed by atoms with Crippen molar-refractivity contribution in [3.8, 4) is 11.5 Å². The largest absolute Gasteiger partial charge is 0.573 e. The van der Waals surface area contributed by atoms with Crippen LogP contribution in [-0.2, 0) is 11.3 Å². The molecule has 1 N–H and O–H groups in total. The number of nitrogens with zero attached hydrogens (tertiary/aromatic N) is 1. The van der Waals surface area contributed by atoms with Crippen molar-refractivity contribution in [1.29, 1.82) is 0 Å². The summed E-state index contributed by atoms with van der Waals surface area (Å²) in [5.74, 6) is -1.08. The Kier molecular flexibility index (Phi) is 8.93. The molecule has 0 radical (unpaired) electrons. The minimum Gasteiger partial charge on any atom is -0.479 e. The number of benzene rings is 3. The van der Waals surface area contributed by atoms with Gasteiger partial charge in [-0.1, -0.05) is 48.3 Å². The van der Waals surface area contributed by atoms with Crippen molar-refractivity contribution in [2.75, 3.05) is 0 Å². The van der Waals surface area contributed by atoms with Gasteiger partial charge in [-0.25, -0.2) is 4.79 Å². The van der Waals surface area contributed by atoms with Crippen LogP contribution in [0.1, 0.15) is 31.0 Å². The summed E-state index contributed by atoms with van der Waals surface area (Å²) in [7, 11) is 0. The van der Waals surface area contributed by atoms with Crippen molar-refractivity contribution in [2.24, 2.45) is 0 Å². The van der Waals surface area contributed by atoms with Crippen molar-refractivity contribution >= 4 is 51.8 Å². The van der Waals surface area contributed by atoms with E-state index in [0.717, 1.165) is 20.9 Å². The molecular weight excluding hydrogens is 574 g/mol. The summed E-state index contributed by atoms with van der Waals surface area (Å²) < 4.78 is 50.7. The number of fused-ring (bicyclic) bond motifs is 1. The van der Waals surface area contributed by atoms with Crippen LogP contribution in [-0.4, -0.2) is 28.1 Å². The quantitative estimate of drug-likeness (QED) is 0.198. The highest BCUT2D eigenvalue weighted by Gasteiger charge is 2.31. The lowest BCUT2D eigenvalue weighted by atomic mass is 10.2. The van der Waals surface area contributed by atoms with Crippen LogP contribution in [0.4, 0.5) is 13.2 Å². The van der Waals surface area contributed by atoms with Gasteiger partial charge in [0.05, 0.1) is 5.52 Å². The number of carboxylic acid groups (broad SMARTS) is 1. The highest BCUT2D eigenvalue weighted by molar-refractivity contribution is 7.99. The molecule has 4 aromatic rings. The molecule has 11 heteroatoms. The van der Waals surface area contributed by atoms with Gasteiger partial charge in [0, 0.05) is 43.5 Å². The summed E-state index contributed by atoms with van der Waals surface area (Å²) >= 11 is 14.0. The molecule has 206 valence electrons. The minimum absolute atomic E-state index is 0.195. The van der Waals surface area contributed by atoms with Crippen LogP contribution in [0.15, 0.2) is 70.5 Å². The number of aliphatic carboxylic acids is 1. The maximum absolute atomic E-state index is 13.0. The molecule has 0 fully saturated rings. The van der Waals surface area contributed by atoms with E-state index in [1.54, 1.807) is 36.4 Å². The third kappa shape index (κ3) is 7.15. The average molecular weight is 598 g/mol. The van der Waals surface area contributed by atoms with Gasteiger partial charge in [-0.15, -0.1) is 13.2 Å². The van der Waals surface area contributed by atoms with Crippen LogP contribution in [0, 0.1) is 6.92 Å². The fraction of sp³-hybridized carbons (Fsp3) is 0.250. The second kappa shape index (κ2) is 12.0. The standard InChI is InChI=1S/C28H24Cl2F3NO4S/c1-3-4-25(27(35)36)37-19-8-12-23(30)17(13-19)15-34-16(2)26(39-21-9-5-18(29)6-10-21)22-11-7-20(14-24(22)34)38-28(31,32)33/h5-14,25H,3-4,15H2,1-2H3,(H,35,36). The lowest BCUT2D eigenvalue weighted by molar-refractivity contribution is -0.274. The van der Waals surface area contributed by atoms with Gasteiger partial charge >= 0.3 is 12.3 Å². The van der Waals surface area contributed by atoms with Crippen LogP contribution in [0.3, 0.4) is 0 Å². The number of hydrogen-bond acceptors (Lipinski definition) is 4. The maximum Gasteiger partial charge on any atom is 0.573 e. The van der Waals surface area contributed by atoms with E-state index < -0.39 is 18.4 Å². The number of carboxylic acids is 1. The zero-order valence-electron chi connectivity index (χ0n) is 20.9. The number of halogens is 5. The van der Waals surface area contributed by atoms with Crippen molar-refractivity contribution in [2.45, 2.75) is 55.5 Å². The number of carbonyl (C=O) groups is 1. The molecule has 0 saturated heterocycles. The number of ether oxygens (including phenoxy) is 2. The molecule has 5 nitrogen and oxygen atoms in total. The summed E-state index contributed by atoms with van der Waals surface area (Å²) in [6, 6.07) is 16.3. The van der Waals surface area contributed by atoms with Crippen LogP contribution in [0.5, 0.6) is 11.5 Å². The zero-order chi connectivity index (χ0) is 28.3. The first-order chi connectivity index (χ1) is 18.4. The molecule has 0 bridgehead atoms. The predicted octanol–water partition coefficient (Wildman–Crippen LogP) is 8.99. The lowest BCUT2D eigenvalue weighted by Gasteiger charge is -2.17. The minimum atomic E-state index is -4.84. The second-order valence-corrected chi connectivity index (χ2v) is 10.7. The summed E-state index contributed by atoms with van der Waals surface area (Å²) in [6.45, 7) is 3.93. The van der Waals surface area contributed by atoms with Gasteiger partial charge in [0.15, 0.2) is 6.10 Å². The van der Waals surface area contributed by atoms with Gasteiger partial charge < -0.3 is 19.1 Å². The monoisotopic (exact) mass is 597 g/mol. The third-order valence-electron chi connectivity index (χ3n) is 5.96. The van der Waals surface area contributed by atoms with Gasteiger partial charge in [-0.2, -0.15) is 0 Å². The SMILES string of the molecule is CCCC(Oc1ccc(Cl)c(Cn2c(C)c(Sc3ccc(Cl)cc3)c3ccc(OC(F)(F)F)cc32)c1)C(=O)O. The molecule has 0 amide bonds. The van der Waals surface area contributed by atoms with Gasteiger partial charge in [-0.3, -0.25) is 0 Å². The normalized spacial score (nSPS) is 12.5. The van der Waals surface area contributed by atoms with Crippen molar-refractivity contribution in [1.82, 2.24) is 4.57 Å². The van der Waals surface area contributed by atoms with Crippen molar-refractivity contribution in [3.63, 3.8) is 0 Å².